The second-order valence-corrected chi connectivity index (χ2v) is 3.97. The molecule has 2 rings (SSSR count). The number of carboxylic acid groups (broad SMARTS) is 1. The molecule has 7 nitrogen and oxygen atoms in total. The molecule has 7 heteroatoms. The second-order valence-electron chi connectivity index (χ2n) is 3.97. The lowest BCUT2D eigenvalue weighted by Gasteiger charge is -2.06. The van der Waals surface area contributed by atoms with Crippen molar-refractivity contribution in [3.8, 4) is 5.69 Å². The predicted molar refractivity (Wildman–Crippen MR) is 70.9 cm³/mol. The molecule has 0 aliphatic carbocycles. The van der Waals surface area contributed by atoms with Crippen LogP contribution >= 0.6 is 0 Å². The average molecular weight is 275 g/mol. The molecule has 0 atom stereocenters. The van der Waals surface area contributed by atoms with E-state index < -0.39 is 11.9 Å². The Bertz CT molecular complexity index is 663. The Kier molecular flexibility index (Phi) is 3.69. The highest BCUT2D eigenvalue weighted by Crippen LogP contribution is 2.19. The zero-order valence-corrected chi connectivity index (χ0v) is 10.7. The number of nitrogen functional groups attached to an aromatic ring is 1. The number of aromatic nitrogens is 2. The van der Waals surface area contributed by atoms with Gasteiger partial charge in [0.1, 0.15) is 0 Å². The number of benzene rings is 1. The summed E-state index contributed by atoms with van der Waals surface area (Å²) in [5.74, 6) is -1.56. The first-order valence-electron chi connectivity index (χ1n) is 5.88. The van der Waals surface area contributed by atoms with Crippen molar-refractivity contribution in [1.29, 1.82) is 0 Å². The summed E-state index contributed by atoms with van der Waals surface area (Å²) in [6.07, 6.45) is 2.78. The van der Waals surface area contributed by atoms with Gasteiger partial charge in [-0.05, 0) is 25.1 Å². The van der Waals surface area contributed by atoms with Crippen molar-refractivity contribution in [2.45, 2.75) is 6.92 Å². The van der Waals surface area contributed by atoms with E-state index in [2.05, 4.69) is 5.10 Å². The molecule has 1 aromatic heterocycles. The second kappa shape index (κ2) is 5.43. The molecule has 104 valence electrons. The van der Waals surface area contributed by atoms with Crippen LogP contribution in [0.3, 0.4) is 0 Å². The van der Waals surface area contributed by atoms with E-state index in [1.807, 2.05) is 0 Å². The molecule has 0 amide bonds. The van der Waals surface area contributed by atoms with Crippen LogP contribution in [0.4, 0.5) is 5.69 Å². The third kappa shape index (κ3) is 2.61. The van der Waals surface area contributed by atoms with Crippen LogP contribution in [0.2, 0.25) is 0 Å². The number of carbonyl (C=O) groups excluding carboxylic acids is 1. The fourth-order valence-electron chi connectivity index (χ4n) is 1.65. The molecule has 0 aliphatic heterocycles. The van der Waals surface area contributed by atoms with Gasteiger partial charge in [0, 0.05) is 6.20 Å². The zero-order valence-electron chi connectivity index (χ0n) is 10.7. The monoisotopic (exact) mass is 275 g/mol. The average Bonchev–Trinajstić information content (AvgIpc) is 2.88. The zero-order chi connectivity index (χ0) is 14.7. The van der Waals surface area contributed by atoms with Gasteiger partial charge in [-0.2, -0.15) is 5.10 Å². The summed E-state index contributed by atoms with van der Waals surface area (Å²) in [5.41, 5.74) is 6.90. The van der Waals surface area contributed by atoms with Crippen LogP contribution in [0.1, 0.15) is 27.6 Å². The van der Waals surface area contributed by atoms with Gasteiger partial charge in [-0.25, -0.2) is 14.3 Å². The van der Waals surface area contributed by atoms with Gasteiger partial charge in [-0.3, -0.25) is 0 Å². The quantitative estimate of drug-likeness (QED) is 0.643. The van der Waals surface area contributed by atoms with Crippen LogP contribution in [0.15, 0.2) is 30.6 Å². The molecular formula is C13H13N3O4. The van der Waals surface area contributed by atoms with E-state index in [0.29, 0.717) is 11.4 Å². The van der Waals surface area contributed by atoms with E-state index >= 15 is 0 Å². The Balaban J connectivity index is 2.39. The number of hydrogen-bond acceptors (Lipinski definition) is 5. The van der Waals surface area contributed by atoms with Gasteiger partial charge >= 0.3 is 11.9 Å². The third-order valence-corrected chi connectivity index (χ3v) is 2.62. The summed E-state index contributed by atoms with van der Waals surface area (Å²) in [5, 5.41) is 13.0. The largest absolute Gasteiger partial charge is 0.478 e. The van der Waals surface area contributed by atoms with Crippen LogP contribution in [-0.4, -0.2) is 33.4 Å². The molecule has 0 fully saturated rings. The summed E-state index contributed by atoms with van der Waals surface area (Å²) in [6, 6.07) is 4.26. The van der Waals surface area contributed by atoms with Crippen LogP contribution < -0.4 is 5.73 Å². The summed E-state index contributed by atoms with van der Waals surface area (Å²) in [7, 11) is 0. The molecule has 0 unspecified atom stereocenters. The lowest BCUT2D eigenvalue weighted by atomic mass is 10.2. The van der Waals surface area contributed by atoms with Crippen molar-refractivity contribution in [1.82, 2.24) is 9.78 Å². The van der Waals surface area contributed by atoms with Gasteiger partial charge in [0.2, 0.25) is 0 Å². The number of aromatic carboxylic acids is 1. The molecule has 0 saturated carbocycles. The normalized spacial score (nSPS) is 10.2. The highest BCUT2D eigenvalue weighted by Gasteiger charge is 2.13. The number of hydrogen-bond donors (Lipinski definition) is 2. The van der Waals surface area contributed by atoms with Crippen molar-refractivity contribution in [2.24, 2.45) is 0 Å². The number of carbonyl (C=O) groups is 2. The molecule has 0 bridgehead atoms. The Hall–Kier alpha value is -2.83. The fourth-order valence-corrected chi connectivity index (χ4v) is 1.65. The number of ether oxygens (including phenoxy) is 1. The highest BCUT2D eigenvalue weighted by atomic mass is 16.5. The topological polar surface area (TPSA) is 107 Å². The van der Waals surface area contributed by atoms with Gasteiger partial charge in [-0.15, -0.1) is 0 Å². The number of carboxylic acids is 1. The fraction of sp³-hybridized carbons (Fsp3) is 0.154. The number of rotatable bonds is 4. The Morgan fingerprint density at radius 2 is 2.15 bits per heavy atom. The first-order chi connectivity index (χ1) is 9.52. The van der Waals surface area contributed by atoms with Gasteiger partial charge in [-0.1, -0.05) is 0 Å². The van der Waals surface area contributed by atoms with Crippen molar-refractivity contribution in [3.63, 3.8) is 0 Å². The number of nitrogens with zero attached hydrogens (tertiary/aromatic N) is 2. The molecule has 20 heavy (non-hydrogen) atoms. The van der Waals surface area contributed by atoms with Gasteiger partial charge < -0.3 is 15.6 Å². The maximum Gasteiger partial charge on any atom is 0.341 e. The maximum absolute atomic E-state index is 11.5. The standard InChI is InChI=1S/C13H13N3O4/c1-2-20-13(19)9-6-15-16(7-9)11-5-8(12(17)18)3-4-10(11)14/h3-7H,2,14H2,1H3,(H,17,18). The number of anilines is 1. The minimum absolute atomic E-state index is 0.0855. The molecule has 3 N–H and O–H groups in total. The van der Waals surface area contributed by atoms with Crippen molar-refractivity contribution in [2.75, 3.05) is 12.3 Å². The van der Waals surface area contributed by atoms with Crippen LogP contribution in [0.25, 0.3) is 5.69 Å². The van der Waals surface area contributed by atoms with Crippen molar-refractivity contribution < 1.29 is 19.4 Å². The van der Waals surface area contributed by atoms with Gasteiger partial charge in [0.25, 0.3) is 0 Å². The van der Waals surface area contributed by atoms with E-state index in [1.165, 1.54) is 35.3 Å². The molecule has 2 aromatic rings. The number of esters is 1. The molecule has 0 aliphatic rings. The summed E-state index contributed by atoms with van der Waals surface area (Å²) < 4.78 is 6.19. The van der Waals surface area contributed by atoms with E-state index in [4.69, 9.17) is 15.6 Å². The van der Waals surface area contributed by atoms with E-state index in [1.54, 1.807) is 6.92 Å². The Morgan fingerprint density at radius 1 is 1.40 bits per heavy atom. The Labute approximate surface area is 114 Å². The third-order valence-electron chi connectivity index (χ3n) is 2.62. The molecule has 1 heterocycles. The molecule has 0 saturated heterocycles. The SMILES string of the molecule is CCOC(=O)c1cnn(-c2cc(C(=O)O)ccc2N)c1. The van der Waals surface area contributed by atoms with Gasteiger partial charge in [0.05, 0.1) is 35.3 Å². The first-order valence-corrected chi connectivity index (χ1v) is 5.88. The minimum atomic E-state index is -1.07. The molecular weight excluding hydrogens is 262 g/mol. The molecule has 0 spiro atoms. The van der Waals surface area contributed by atoms with E-state index in [9.17, 15) is 9.59 Å². The summed E-state index contributed by atoms with van der Waals surface area (Å²) in [6.45, 7) is 1.97. The van der Waals surface area contributed by atoms with E-state index in [0.717, 1.165) is 0 Å². The molecule has 1 aromatic carbocycles. The van der Waals surface area contributed by atoms with E-state index in [-0.39, 0.29) is 17.7 Å². The van der Waals surface area contributed by atoms with Crippen LogP contribution in [0.5, 0.6) is 0 Å². The van der Waals surface area contributed by atoms with Gasteiger partial charge in [0.15, 0.2) is 0 Å². The predicted octanol–water partition coefficient (Wildman–Crippen LogP) is 1.33. The number of nitrogens with two attached hydrogens (primary N) is 1. The Morgan fingerprint density at radius 3 is 2.80 bits per heavy atom. The molecule has 0 radical (unpaired) electrons. The minimum Gasteiger partial charge on any atom is -0.478 e. The van der Waals surface area contributed by atoms with Crippen molar-refractivity contribution in [3.05, 3.63) is 41.7 Å². The summed E-state index contributed by atoms with van der Waals surface area (Å²) in [4.78, 5) is 22.5. The lowest BCUT2D eigenvalue weighted by molar-refractivity contribution is 0.0525. The lowest BCUT2D eigenvalue weighted by Crippen LogP contribution is -2.05. The smallest absolute Gasteiger partial charge is 0.341 e. The summed E-state index contributed by atoms with van der Waals surface area (Å²) >= 11 is 0. The van der Waals surface area contributed by atoms with Crippen LogP contribution in [-0.2, 0) is 4.74 Å². The van der Waals surface area contributed by atoms with Crippen LogP contribution in [0, 0.1) is 0 Å². The first kappa shape index (κ1) is 13.6. The van der Waals surface area contributed by atoms with Crippen molar-refractivity contribution >= 4 is 17.6 Å². The highest BCUT2D eigenvalue weighted by molar-refractivity contribution is 5.90. The maximum atomic E-state index is 11.5.